The van der Waals surface area contributed by atoms with Crippen LogP contribution >= 0.6 is 0 Å². The van der Waals surface area contributed by atoms with Crippen LogP contribution in [0.5, 0.6) is 0 Å². The molecule has 0 aliphatic heterocycles. The molecule has 0 aliphatic carbocycles. The maximum atomic E-state index is 13.2. The van der Waals surface area contributed by atoms with Gasteiger partial charge in [0.15, 0.2) is 0 Å². The van der Waals surface area contributed by atoms with E-state index in [2.05, 4.69) is 111 Å². The van der Waals surface area contributed by atoms with Crippen molar-refractivity contribution in [3.8, 4) is 0 Å². The van der Waals surface area contributed by atoms with E-state index >= 15 is 0 Å². The molecule has 0 radical (unpaired) electrons. The van der Waals surface area contributed by atoms with Crippen LogP contribution in [0, 0.1) is 0 Å². The molecule has 0 saturated heterocycles. The number of allylic oxidation sites excluding steroid dienone is 14. The second kappa shape index (κ2) is 50.0. The Kier molecular flexibility index (Phi) is 47.7. The Hall–Kier alpha value is -2.96. The van der Waals surface area contributed by atoms with E-state index in [1.165, 1.54) is 83.5 Å². The maximum Gasteiger partial charge on any atom is 0.306 e. The van der Waals surface area contributed by atoms with Crippen molar-refractivity contribution in [1.82, 2.24) is 5.32 Å². The van der Waals surface area contributed by atoms with Gasteiger partial charge in [-0.05, 0) is 96.3 Å². The van der Waals surface area contributed by atoms with Crippen molar-refractivity contribution in [2.45, 2.75) is 257 Å². The Labute approximate surface area is 389 Å². The fraction of sp³-hybridized carbons (Fsp3) is 0.719. The van der Waals surface area contributed by atoms with Crippen molar-refractivity contribution in [2.24, 2.45) is 0 Å². The minimum absolute atomic E-state index is 0.0422. The van der Waals surface area contributed by atoms with Gasteiger partial charge in [-0.15, -0.1) is 0 Å². The number of carbonyl (C=O) groups excluding carboxylic acids is 2. The molecule has 3 unspecified atom stereocenters. The predicted molar refractivity (Wildman–Crippen MR) is 273 cm³/mol. The van der Waals surface area contributed by atoms with E-state index in [-0.39, 0.29) is 24.9 Å². The zero-order valence-electron chi connectivity index (χ0n) is 41.2. The Balaban J connectivity index is 4.69. The highest BCUT2D eigenvalue weighted by atomic mass is 16.5. The van der Waals surface area contributed by atoms with Crippen LogP contribution in [0.2, 0.25) is 0 Å². The summed E-state index contributed by atoms with van der Waals surface area (Å²) in [5.74, 6) is -0.542. The van der Waals surface area contributed by atoms with Gasteiger partial charge in [-0.3, -0.25) is 9.59 Å². The summed E-state index contributed by atoms with van der Waals surface area (Å²) < 4.78 is 5.91. The number of hydrogen-bond acceptors (Lipinski definition) is 5. The summed E-state index contributed by atoms with van der Waals surface area (Å²) >= 11 is 0. The predicted octanol–water partition coefficient (Wildman–Crippen LogP) is 16.0. The topological polar surface area (TPSA) is 95.9 Å². The first-order chi connectivity index (χ1) is 31.0. The third-order valence-corrected chi connectivity index (χ3v) is 11.5. The number of ether oxygens (including phenoxy) is 1. The molecule has 362 valence electrons. The van der Waals surface area contributed by atoms with Gasteiger partial charge in [-0.2, -0.15) is 0 Å². The lowest BCUT2D eigenvalue weighted by Crippen LogP contribution is -2.46. The van der Waals surface area contributed by atoms with Crippen molar-refractivity contribution in [3.05, 3.63) is 85.1 Å². The van der Waals surface area contributed by atoms with Gasteiger partial charge in [0.25, 0.3) is 0 Å². The van der Waals surface area contributed by atoms with E-state index in [1.54, 1.807) is 0 Å². The normalized spacial score (nSPS) is 13.9. The van der Waals surface area contributed by atoms with Gasteiger partial charge in [-0.25, -0.2) is 0 Å². The second-order valence-electron chi connectivity index (χ2n) is 17.6. The molecule has 0 aromatic carbocycles. The fourth-order valence-corrected chi connectivity index (χ4v) is 7.51. The summed E-state index contributed by atoms with van der Waals surface area (Å²) in [5.41, 5.74) is 0. The number of carbonyl (C=O) groups is 2. The molecule has 0 saturated carbocycles. The van der Waals surface area contributed by atoms with Crippen LogP contribution in [0.25, 0.3) is 0 Å². The monoisotopic (exact) mass is 878 g/mol. The van der Waals surface area contributed by atoms with E-state index < -0.39 is 18.2 Å². The summed E-state index contributed by atoms with van der Waals surface area (Å²) in [7, 11) is 0. The van der Waals surface area contributed by atoms with Crippen LogP contribution in [-0.4, -0.2) is 46.9 Å². The van der Waals surface area contributed by atoms with E-state index in [0.717, 1.165) is 109 Å². The van der Waals surface area contributed by atoms with Crippen molar-refractivity contribution >= 4 is 11.9 Å². The quantitative estimate of drug-likeness (QED) is 0.0245. The average Bonchev–Trinajstić information content (AvgIpc) is 3.28. The molecule has 0 aromatic rings. The van der Waals surface area contributed by atoms with Crippen molar-refractivity contribution in [2.75, 3.05) is 6.61 Å². The smallest absolute Gasteiger partial charge is 0.306 e. The first-order valence-corrected chi connectivity index (χ1v) is 26.3. The Morgan fingerprint density at radius 3 is 1.41 bits per heavy atom. The standard InChI is InChI=1S/C57H99NO5/c1-4-7-10-13-16-19-21-23-25-27-28-29-31-33-35-38-41-44-47-50-57(62)63-53(48-45-42-39-37-34-32-30-26-24-22-20-17-14-11-8-5-2)51-56(61)58-54(52-59)55(60)49-46-43-40-36-18-15-12-9-6-3/h7,10,16,19,23,25-26,28-30,32-35,53-55,59-60H,4-6,8-9,11-15,17-18,20-22,24,27,31,36-52H2,1-3H3,(H,58,61)/b10-7-,19-16-,25-23-,29-28-,30-26+,34-32+,35-33-. The highest BCUT2D eigenvalue weighted by molar-refractivity contribution is 5.77. The SMILES string of the molecule is CC/C=C\C/C=C\C/C=C\C/C=C\C/C=C\CCCCCC(=O)OC(CCCCC/C=C/C=C/CCCCCCCCC)CC(=O)NC(CO)C(O)CCCCCCCCCCC. The maximum absolute atomic E-state index is 13.2. The van der Waals surface area contributed by atoms with E-state index in [1.807, 2.05) is 0 Å². The number of amides is 1. The number of esters is 1. The number of nitrogens with one attached hydrogen (secondary N) is 1. The molecular formula is C57H99NO5. The minimum atomic E-state index is -0.803. The van der Waals surface area contributed by atoms with E-state index in [4.69, 9.17) is 4.74 Å². The lowest BCUT2D eigenvalue weighted by atomic mass is 10.0. The molecule has 0 spiro atoms. The zero-order chi connectivity index (χ0) is 45.9. The number of aliphatic hydroxyl groups is 2. The second-order valence-corrected chi connectivity index (χ2v) is 17.6. The van der Waals surface area contributed by atoms with Crippen molar-refractivity contribution in [3.63, 3.8) is 0 Å². The summed E-state index contributed by atoms with van der Waals surface area (Å²) in [6.45, 7) is 6.33. The van der Waals surface area contributed by atoms with Crippen molar-refractivity contribution < 1.29 is 24.5 Å². The minimum Gasteiger partial charge on any atom is -0.462 e. The first kappa shape index (κ1) is 60.0. The van der Waals surface area contributed by atoms with Crippen LogP contribution < -0.4 is 5.32 Å². The van der Waals surface area contributed by atoms with E-state index in [9.17, 15) is 19.8 Å². The van der Waals surface area contributed by atoms with Gasteiger partial charge in [0, 0.05) is 6.42 Å². The average molecular weight is 878 g/mol. The molecule has 63 heavy (non-hydrogen) atoms. The molecule has 0 aliphatic rings. The number of hydrogen-bond donors (Lipinski definition) is 3. The Bertz CT molecular complexity index is 1210. The van der Waals surface area contributed by atoms with Crippen LogP contribution in [0.4, 0.5) is 0 Å². The lowest BCUT2D eigenvalue weighted by Gasteiger charge is -2.24. The zero-order valence-corrected chi connectivity index (χ0v) is 41.2. The van der Waals surface area contributed by atoms with Crippen LogP contribution in [0.15, 0.2) is 85.1 Å². The van der Waals surface area contributed by atoms with Gasteiger partial charge in [0.1, 0.15) is 6.10 Å². The lowest BCUT2D eigenvalue weighted by molar-refractivity contribution is -0.151. The summed E-state index contributed by atoms with van der Waals surface area (Å²) in [6.07, 6.45) is 65.0. The van der Waals surface area contributed by atoms with Crippen LogP contribution in [0.1, 0.15) is 239 Å². The van der Waals surface area contributed by atoms with Crippen LogP contribution in [-0.2, 0) is 14.3 Å². The molecule has 0 fully saturated rings. The summed E-state index contributed by atoms with van der Waals surface area (Å²) in [6, 6.07) is -0.720. The number of unbranched alkanes of at least 4 members (excludes halogenated alkanes) is 21. The molecular weight excluding hydrogens is 779 g/mol. The molecule has 0 rings (SSSR count). The largest absolute Gasteiger partial charge is 0.462 e. The fourth-order valence-electron chi connectivity index (χ4n) is 7.51. The Morgan fingerprint density at radius 2 is 0.905 bits per heavy atom. The molecule has 3 N–H and O–H groups in total. The van der Waals surface area contributed by atoms with Gasteiger partial charge in [-0.1, -0.05) is 215 Å². The third kappa shape index (κ3) is 45.4. The van der Waals surface area contributed by atoms with Gasteiger partial charge < -0.3 is 20.3 Å². The molecule has 0 aromatic heterocycles. The van der Waals surface area contributed by atoms with Crippen LogP contribution in [0.3, 0.4) is 0 Å². The highest BCUT2D eigenvalue weighted by Crippen LogP contribution is 2.17. The molecule has 0 heterocycles. The first-order valence-electron chi connectivity index (χ1n) is 26.3. The van der Waals surface area contributed by atoms with Gasteiger partial charge in [0.2, 0.25) is 5.91 Å². The van der Waals surface area contributed by atoms with Gasteiger partial charge >= 0.3 is 5.97 Å². The molecule has 6 heteroatoms. The van der Waals surface area contributed by atoms with E-state index in [0.29, 0.717) is 19.3 Å². The number of aliphatic hydroxyl groups excluding tert-OH is 2. The molecule has 1 amide bonds. The van der Waals surface area contributed by atoms with Gasteiger partial charge in [0.05, 0.1) is 25.2 Å². The third-order valence-electron chi connectivity index (χ3n) is 11.5. The van der Waals surface area contributed by atoms with Crippen molar-refractivity contribution in [1.29, 1.82) is 0 Å². The molecule has 6 nitrogen and oxygen atoms in total. The summed E-state index contributed by atoms with van der Waals surface area (Å²) in [4.78, 5) is 26.1. The molecule has 3 atom stereocenters. The highest BCUT2D eigenvalue weighted by Gasteiger charge is 2.24. The molecule has 0 bridgehead atoms. The number of rotatable bonds is 46. The Morgan fingerprint density at radius 1 is 0.492 bits per heavy atom. The summed E-state index contributed by atoms with van der Waals surface area (Å²) in [5, 5.41) is 23.7.